The van der Waals surface area contributed by atoms with E-state index in [1.165, 1.54) is 16.7 Å². The van der Waals surface area contributed by atoms with Gasteiger partial charge in [-0.05, 0) is 37.5 Å². The molecule has 1 aliphatic rings. The first-order chi connectivity index (χ1) is 11.5. The Morgan fingerprint density at radius 2 is 2.17 bits per heavy atom. The van der Waals surface area contributed by atoms with Crippen LogP contribution >= 0.6 is 11.6 Å². The Balaban J connectivity index is 1.79. The van der Waals surface area contributed by atoms with Gasteiger partial charge >= 0.3 is 0 Å². The highest BCUT2D eigenvalue weighted by Crippen LogP contribution is 2.27. The van der Waals surface area contributed by atoms with Crippen molar-refractivity contribution in [2.45, 2.75) is 30.8 Å². The Labute approximate surface area is 146 Å². The molecule has 128 valence electrons. The van der Waals surface area contributed by atoms with Crippen molar-refractivity contribution < 1.29 is 13.2 Å². The molecule has 2 heterocycles. The van der Waals surface area contributed by atoms with Gasteiger partial charge in [0, 0.05) is 23.8 Å². The number of hydrogen-bond acceptors (Lipinski definition) is 5. The van der Waals surface area contributed by atoms with E-state index in [-0.39, 0.29) is 17.5 Å². The summed E-state index contributed by atoms with van der Waals surface area (Å²) in [5, 5.41) is 0.407. The van der Waals surface area contributed by atoms with E-state index < -0.39 is 10.0 Å². The summed E-state index contributed by atoms with van der Waals surface area (Å²) in [4.78, 5) is 8.11. The second-order valence-corrected chi connectivity index (χ2v) is 8.05. The summed E-state index contributed by atoms with van der Waals surface area (Å²) < 4.78 is 33.1. The molecule has 8 heteroatoms. The normalized spacial score (nSPS) is 19.2. The molecular weight excluding hydrogens is 350 g/mol. The average molecular weight is 368 g/mol. The van der Waals surface area contributed by atoms with Crippen molar-refractivity contribution in [1.29, 1.82) is 0 Å². The van der Waals surface area contributed by atoms with Gasteiger partial charge in [-0.15, -0.1) is 0 Å². The summed E-state index contributed by atoms with van der Waals surface area (Å²) in [6, 6.07) is 6.57. The molecule has 0 aliphatic carbocycles. The Hall–Kier alpha value is -1.70. The number of hydrogen-bond donors (Lipinski definition) is 0. The van der Waals surface area contributed by atoms with Crippen LogP contribution < -0.4 is 4.74 Å². The summed E-state index contributed by atoms with van der Waals surface area (Å²) in [7, 11) is -3.60. The fraction of sp³-hybridized carbons (Fsp3) is 0.375. The molecule has 24 heavy (non-hydrogen) atoms. The highest BCUT2D eigenvalue weighted by molar-refractivity contribution is 7.89. The standard InChI is InChI=1S/C16H18ClN3O3S/c1-12-4-5-13(17)9-15(12)24(21,22)20-8-2-3-14(10-20)23-16-6-7-18-11-19-16/h4-7,9,11,14H,2-3,8,10H2,1H3. The zero-order valence-electron chi connectivity index (χ0n) is 13.2. The van der Waals surface area contributed by atoms with E-state index in [4.69, 9.17) is 16.3 Å². The molecule has 6 nitrogen and oxygen atoms in total. The highest BCUT2D eigenvalue weighted by atomic mass is 35.5. The summed E-state index contributed by atoms with van der Waals surface area (Å²) in [6.07, 6.45) is 4.28. The quantitative estimate of drug-likeness (QED) is 0.830. The van der Waals surface area contributed by atoms with Crippen LogP contribution in [0.3, 0.4) is 0 Å². The Bertz CT molecular complexity index is 815. The zero-order chi connectivity index (χ0) is 17.2. The van der Waals surface area contributed by atoms with E-state index in [0.29, 0.717) is 23.0 Å². The number of aromatic nitrogens is 2. The number of rotatable bonds is 4. The number of benzene rings is 1. The summed E-state index contributed by atoms with van der Waals surface area (Å²) in [6.45, 7) is 2.53. The monoisotopic (exact) mass is 367 g/mol. The molecule has 0 N–H and O–H groups in total. The van der Waals surface area contributed by atoms with Crippen LogP contribution in [0.2, 0.25) is 5.02 Å². The molecule has 1 aromatic heterocycles. The summed E-state index contributed by atoms with van der Waals surface area (Å²) >= 11 is 5.98. The van der Waals surface area contributed by atoms with Crippen molar-refractivity contribution in [3.05, 3.63) is 47.4 Å². The molecule has 1 aromatic carbocycles. The second-order valence-electron chi connectivity index (χ2n) is 5.70. The largest absolute Gasteiger partial charge is 0.473 e. The average Bonchev–Trinajstić information content (AvgIpc) is 2.58. The van der Waals surface area contributed by atoms with Crippen LogP contribution in [0.25, 0.3) is 0 Å². The van der Waals surface area contributed by atoms with Crippen LogP contribution in [-0.2, 0) is 10.0 Å². The van der Waals surface area contributed by atoms with Crippen LogP contribution in [0.4, 0.5) is 0 Å². The van der Waals surface area contributed by atoms with Gasteiger partial charge in [-0.3, -0.25) is 0 Å². The molecule has 1 fully saturated rings. The lowest BCUT2D eigenvalue weighted by Gasteiger charge is -2.32. The first-order valence-electron chi connectivity index (χ1n) is 7.66. The number of ether oxygens (including phenoxy) is 1. The van der Waals surface area contributed by atoms with E-state index in [2.05, 4.69) is 9.97 Å². The number of piperidine rings is 1. The van der Waals surface area contributed by atoms with Gasteiger partial charge in [-0.25, -0.2) is 18.4 Å². The minimum atomic E-state index is -3.60. The summed E-state index contributed by atoms with van der Waals surface area (Å²) in [5.74, 6) is 0.452. The van der Waals surface area contributed by atoms with Gasteiger partial charge < -0.3 is 4.74 Å². The maximum atomic E-state index is 12.9. The molecule has 1 atom stereocenters. The smallest absolute Gasteiger partial charge is 0.243 e. The van der Waals surface area contributed by atoms with E-state index >= 15 is 0 Å². The molecule has 1 aliphatic heterocycles. The predicted octanol–water partition coefficient (Wildman–Crippen LogP) is 2.67. The van der Waals surface area contributed by atoms with Crippen LogP contribution in [0, 0.1) is 6.92 Å². The molecule has 0 amide bonds. The van der Waals surface area contributed by atoms with Gasteiger partial charge in [0.1, 0.15) is 12.4 Å². The third-order valence-electron chi connectivity index (χ3n) is 3.95. The number of sulfonamides is 1. The zero-order valence-corrected chi connectivity index (χ0v) is 14.8. The van der Waals surface area contributed by atoms with Gasteiger partial charge in [0.25, 0.3) is 0 Å². The number of halogens is 1. The second kappa shape index (κ2) is 7.04. The molecule has 1 unspecified atom stereocenters. The Morgan fingerprint density at radius 1 is 1.33 bits per heavy atom. The lowest BCUT2D eigenvalue weighted by atomic mass is 10.1. The third kappa shape index (κ3) is 3.68. The number of nitrogens with zero attached hydrogens (tertiary/aromatic N) is 3. The van der Waals surface area contributed by atoms with Gasteiger partial charge in [0.2, 0.25) is 15.9 Å². The molecule has 3 rings (SSSR count). The van der Waals surface area contributed by atoms with Crippen LogP contribution in [0.1, 0.15) is 18.4 Å². The first kappa shape index (κ1) is 17.1. The van der Waals surface area contributed by atoms with E-state index in [1.54, 1.807) is 31.3 Å². The van der Waals surface area contributed by atoms with Gasteiger partial charge in [0.05, 0.1) is 11.4 Å². The topological polar surface area (TPSA) is 72.4 Å². The molecule has 0 radical (unpaired) electrons. The number of aryl methyl sites for hydroxylation is 1. The molecular formula is C16H18ClN3O3S. The van der Waals surface area contributed by atoms with Crippen LogP contribution in [0.5, 0.6) is 5.88 Å². The molecule has 0 bridgehead atoms. The van der Waals surface area contributed by atoms with Crippen molar-refractivity contribution in [3.63, 3.8) is 0 Å². The van der Waals surface area contributed by atoms with Gasteiger partial charge in [0.15, 0.2) is 0 Å². The van der Waals surface area contributed by atoms with Crippen molar-refractivity contribution in [3.8, 4) is 5.88 Å². The molecule has 0 saturated carbocycles. The van der Waals surface area contributed by atoms with Crippen LogP contribution in [-0.4, -0.2) is 41.9 Å². The minimum absolute atomic E-state index is 0.233. The molecule has 1 saturated heterocycles. The molecule has 2 aromatic rings. The van der Waals surface area contributed by atoms with E-state index in [0.717, 1.165) is 12.8 Å². The fourth-order valence-corrected chi connectivity index (χ4v) is 4.73. The van der Waals surface area contributed by atoms with Gasteiger partial charge in [-0.1, -0.05) is 17.7 Å². The SMILES string of the molecule is Cc1ccc(Cl)cc1S(=O)(=O)N1CCCC(Oc2ccncn2)C1. The summed E-state index contributed by atoms with van der Waals surface area (Å²) in [5.41, 5.74) is 0.679. The Morgan fingerprint density at radius 3 is 2.92 bits per heavy atom. The van der Waals surface area contributed by atoms with Crippen molar-refractivity contribution >= 4 is 21.6 Å². The van der Waals surface area contributed by atoms with Crippen LogP contribution in [0.15, 0.2) is 41.7 Å². The fourth-order valence-electron chi connectivity index (χ4n) is 2.73. The molecule has 0 spiro atoms. The lowest BCUT2D eigenvalue weighted by molar-refractivity contribution is 0.124. The third-order valence-corrected chi connectivity index (χ3v) is 6.19. The predicted molar refractivity (Wildman–Crippen MR) is 90.6 cm³/mol. The van der Waals surface area contributed by atoms with Crippen molar-refractivity contribution in [2.24, 2.45) is 0 Å². The lowest BCUT2D eigenvalue weighted by Crippen LogP contribution is -2.44. The van der Waals surface area contributed by atoms with E-state index in [9.17, 15) is 8.42 Å². The van der Waals surface area contributed by atoms with Crippen molar-refractivity contribution in [1.82, 2.24) is 14.3 Å². The highest BCUT2D eigenvalue weighted by Gasteiger charge is 2.32. The van der Waals surface area contributed by atoms with E-state index in [1.807, 2.05) is 0 Å². The van der Waals surface area contributed by atoms with Gasteiger partial charge in [-0.2, -0.15) is 4.31 Å². The maximum Gasteiger partial charge on any atom is 0.243 e. The Kier molecular flexibility index (Phi) is 5.03. The maximum absolute atomic E-state index is 12.9. The minimum Gasteiger partial charge on any atom is -0.473 e. The first-order valence-corrected chi connectivity index (χ1v) is 9.47. The van der Waals surface area contributed by atoms with Crippen molar-refractivity contribution in [2.75, 3.05) is 13.1 Å².